The van der Waals surface area contributed by atoms with Gasteiger partial charge in [-0.15, -0.1) is 0 Å². The molecule has 1 aliphatic rings. The molecule has 4 nitrogen and oxygen atoms in total. The molecule has 32 heavy (non-hydrogen) atoms. The zero-order valence-electron chi connectivity index (χ0n) is 19.7. The van der Waals surface area contributed by atoms with Crippen LogP contribution >= 0.6 is 0 Å². The van der Waals surface area contributed by atoms with E-state index in [0.29, 0.717) is 25.8 Å². The number of carbonyl (C=O) groups is 2. The molecule has 1 aliphatic heterocycles. The Kier molecular flexibility index (Phi) is 16.4. The Morgan fingerprint density at radius 1 is 0.812 bits per heavy atom. The second kappa shape index (κ2) is 19.1. The number of allylic oxidation sites excluding steroid dienone is 12. The molecule has 2 N–H and O–H groups in total. The van der Waals surface area contributed by atoms with Crippen molar-refractivity contribution in [2.75, 3.05) is 6.54 Å². The lowest BCUT2D eigenvalue weighted by atomic mass is 10.0. The van der Waals surface area contributed by atoms with Crippen LogP contribution in [-0.4, -0.2) is 29.3 Å². The van der Waals surface area contributed by atoms with E-state index in [1.165, 1.54) is 0 Å². The van der Waals surface area contributed by atoms with Crippen LogP contribution in [0.3, 0.4) is 0 Å². The number of amides is 2. The number of hydrogen-bond donors (Lipinski definition) is 1. The van der Waals surface area contributed by atoms with E-state index in [-0.39, 0.29) is 5.91 Å². The number of carbonyl (C=O) groups excluding carboxylic acids is 2. The first-order chi connectivity index (χ1) is 15.7. The molecular formula is C28H41N2O2. The molecule has 175 valence electrons. The van der Waals surface area contributed by atoms with Gasteiger partial charge in [0.2, 0.25) is 11.8 Å². The van der Waals surface area contributed by atoms with Gasteiger partial charge in [-0.3, -0.25) is 9.59 Å². The molecular weight excluding hydrogens is 396 g/mol. The second-order valence-electron chi connectivity index (χ2n) is 7.77. The Bertz CT molecular complexity index is 698. The third kappa shape index (κ3) is 13.6. The first-order valence-electron chi connectivity index (χ1n) is 12.0. The summed E-state index contributed by atoms with van der Waals surface area (Å²) in [7, 11) is 0. The van der Waals surface area contributed by atoms with Gasteiger partial charge in [-0.25, -0.2) is 0 Å². The summed E-state index contributed by atoms with van der Waals surface area (Å²) in [6, 6.07) is -0.471. The average Bonchev–Trinajstić information content (AvgIpc) is 2.80. The minimum Gasteiger partial charge on any atom is -0.368 e. The van der Waals surface area contributed by atoms with Gasteiger partial charge in [0.05, 0.1) is 0 Å². The lowest BCUT2D eigenvalue weighted by Crippen LogP contribution is -2.50. The van der Waals surface area contributed by atoms with Crippen LogP contribution < -0.4 is 5.73 Å². The van der Waals surface area contributed by atoms with Crippen molar-refractivity contribution >= 4 is 11.8 Å². The normalized spacial score (nSPS) is 17.9. The Morgan fingerprint density at radius 2 is 1.28 bits per heavy atom. The molecule has 1 heterocycles. The van der Waals surface area contributed by atoms with E-state index in [9.17, 15) is 9.59 Å². The monoisotopic (exact) mass is 437 g/mol. The standard InChI is InChI=1S/C28H41N2O2/c1-2-3-4-5-6-7-8-9-10-11-12-13-14-15-16-17-18-19-20-24-27(31)30-25-22-21-23-26(30)28(29)32/h3-4,6-7,9-10,12-13,15-16,18-19,21,26H,2,5,8,11,14,17,20,22-25H2,1H3,(H2,29,32)/b4-3-,7-6-,10-9-,13-12-,16-15-,19-18-. The largest absolute Gasteiger partial charge is 0.368 e. The summed E-state index contributed by atoms with van der Waals surface area (Å²) in [5.41, 5.74) is 5.41. The van der Waals surface area contributed by atoms with Crippen molar-refractivity contribution in [3.8, 4) is 0 Å². The Balaban J connectivity index is 2.07. The van der Waals surface area contributed by atoms with Crippen LogP contribution in [0.1, 0.15) is 71.1 Å². The average molecular weight is 438 g/mol. The highest BCUT2D eigenvalue weighted by Gasteiger charge is 2.29. The fourth-order valence-corrected chi connectivity index (χ4v) is 3.35. The van der Waals surface area contributed by atoms with Gasteiger partial charge in [0.25, 0.3) is 0 Å². The maximum absolute atomic E-state index is 12.3. The van der Waals surface area contributed by atoms with E-state index in [0.717, 1.165) is 44.9 Å². The van der Waals surface area contributed by atoms with Crippen molar-refractivity contribution < 1.29 is 9.59 Å². The summed E-state index contributed by atoms with van der Waals surface area (Å²) in [5, 5.41) is 0. The maximum atomic E-state index is 12.3. The molecule has 0 spiro atoms. The van der Waals surface area contributed by atoms with Crippen LogP contribution in [0.5, 0.6) is 0 Å². The second-order valence-corrected chi connectivity index (χ2v) is 7.77. The highest BCUT2D eigenvalue weighted by atomic mass is 16.2. The van der Waals surface area contributed by atoms with Gasteiger partial charge in [-0.05, 0) is 64.2 Å². The Hall–Kier alpha value is -2.62. The van der Waals surface area contributed by atoms with Crippen molar-refractivity contribution in [2.24, 2.45) is 5.73 Å². The van der Waals surface area contributed by atoms with Gasteiger partial charge >= 0.3 is 0 Å². The molecule has 0 aromatic heterocycles. The van der Waals surface area contributed by atoms with Crippen LogP contribution in [0.15, 0.2) is 72.9 Å². The van der Waals surface area contributed by atoms with Crippen LogP contribution in [0.2, 0.25) is 0 Å². The van der Waals surface area contributed by atoms with Crippen molar-refractivity contribution in [3.63, 3.8) is 0 Å². The number of rotatable bonds is 15. The molecule has 1 unspecified atom stereocenters. The summed E-state index contributed by atoms with van der Waals surface area (Å²) in [5.74, 6) is -0.398. The quantitative estimate of drug-likeness (QED) is 0.313. The highest BCUT2D eigenvalue weighted by molar-refractivity contribution is 5.87. The van der Waals surface area contributed by atoms with Crippen molar-refractivity contribution in [1.29, 1.82) is 0 Å². The van der Waals surface area contributed by atoms with Gasteiger partial charge in [-0.2, -0.15) is 0 Å². The van der Waals surface area contributed by atoms with Crippen molar-refractivity contribution in [3.05, 3.63) is 79.3 Å². The molecule has 1 fully saturated rings. The smallest absolute Gasteiger partial charge is 0.240 e. The van der Waals surface area contributed by atoms with Crippen LogP contribution in [0.4, 0.5) is 0 Å². The van der Waals surface area contributed by atoms with Gasteiger partial charge < -0.3 is 10.6 Å². The Morgan fingerprint density at radius 3 is 1.75 bits per heavy atom. The summed E-state index contributed by atoms with van der Waals surface area (Å²) < 4.78 is 0. The number of piperidine rings is 1. The number of primary amides is 1. The fraction of sp³-hybridized carbons (Fsp3) is 0.464. The summed E-state index contributed by atoms with van der Waals surface area (Å²) in [6.07, 6.45) is 36.4. The summed E-state index contributed by atoms with van der Waals surface area (Å²) >= 11 is 0. The lowest BCUT2D eigenvalue weighted by molar-refractivity contribution is -0.140. The SMILES string of the molecule is CC/C=C\C/C=C\C/C=C\C/C=C\C/C=C\C/C=C\CCC(=O)N1CC[CH]CC1C(N)=O. The van der Waals surface area contributed by atoms with E-state index in [4.69, 9.17) is 5.73 Å². The van der Waals surface area contributed by atoms with Gasteiger partial charge in [0, 0.05) is 13.0 Å². The molecule has 0 aliphatic carbocycles. The van der Waals surface area contributed by atoms with Crippen LogP contribution in [0, 0.1) is 6.42 Å². The Labute approximate surface area is 195 Å². The van der Waals surface area contributed by atoms with Crippen molar-refractivity contribution in [2.45, 2.75) is 77.2 Å². The zero-order valence-corrected chi connectivity index (χ0v) is 19.7. The van der Waals surface area contributed by atoms with Crippen LogP contribution in [0.25, 0.3) is 0 Å². The number of likely N-dealkylation sites (tertiary alicyclic amines) is 1. The molecule has 2 amide bonds. The minimum absolute atomic E-state index is 0.0152. The van der Waals surface area contributed by atoms with Gasteiger partial charge in [0.1, 0.15) is 6.04 Å². The molecule has 1 radical (unpaired) electrons. The summed E-state index contributed by atoms with van der Waals surface area (Å²) in [6.45, 7) is 2.74. The number of nitrogens with zero attached hydrogens (tertiary/aromatic N) is 1. The highest BCUT2D eigenvalue weighted by Crippen LogP contribution is 2.17. The van der Waals surface area contributed by atoms with E-state index in [1.54, 1.807) is 4.90 Å². The van der Waals surface area contributed by atoms with Crippen molar-refractivity contribution in [1.82, 2.24) is 4.90 Å². The van der Waals surface area contributed by atoms with Gasteiger partial charge in [-0.1, -0.05) is 79.8 Å². The summed E-state index contributed by atoms with van der Waals surface area (Å²) in [4.78, 5) is 25.5. The third-order valence-electron chi connectivity index (χ3n) is 5.11. The first kappa shape index (κ1) is 27.4. The molecule has 4 heteroatoms. The molecule has 0 bridgehead atoms. The van der Waals surface area contributed by atoms with E-state index in [1.807, 2.05) is 12.5 Å². The van der Waals surface area contributed by atoms with E-state index >= 15 is 0 Å². The number of nitrogens with two attached hydrogens (primary N) is 1. The predicted molar refractivity (Wildman–Crippen MR) is 136 cm³/mol. The number of hydrogen-bond acceptors (Lipinski definition) is 2. The van der Waals surface area contributed by atoms with Gasteiger partial charge in [0.15, 0.2) is 0 Å². The molecule has 1 rings (SSSR count). The zero-order chi connectivity index (χ0) is 23.3. The van der Waals surface area contributed by atoms with E-state index in [2.05, 4.69) is 73.8 Å². The molecule has 0 aromatic rings. The third-order valence-corrected chi connectivity index (χ3v) is 5.11. The topological polar surface area (TPSA) is 63.4 Å². The molecule has 0 aromatic carbocycles. The fourth-order valence-electron chi connectivity index (χ4n) is 3.35. The van der Waals surface area contributed by atoms with E-state index < -0.39 is 11.9 Å². The molecule has 0 saturated carbocycles. The molecule has 1 saturated heterocycles. The van der Waals surface area contributed by atoms with Crippen LogP contribution in [-0.2, 0) is 9.59 Å². The predicted octanol–water partition coefficient (Wildman–Crippen LogP) is 6.14. The minimum atomic E-state index is -0.471. The lowest BCUT2D eigenvalue weighted by Gasteiger charge is -2.33. The molecule has 1 atom stereocenters. The first-order valence-corrected chi connectivity index (χ1v) is 12.0. The maximum Gasteiger partial charge on any atom is 0.240 e.